The fourth-order valence-corrected chi connectivity index (χ4v) is 1.35. The molecule has 0 aromatic heterocycles. The summed E-state index contributed by atoms with van der Waals surface area (Å²) in [5, 5.41) is 0.0323. The van der Waals surface area contributed by atoms with E-state index in [1.165, 1.54) is 12.1 Å². The van der Waals surface area contributed by atoms with Gasteiger partial charge in [-0.3, -0.25) is 0 Å². The number of benzene rings is 1. The fourth-order valence-electron chi connectivity index (χ4n) is 0.631. The van der Waals surface area contributed by atoms with E-state index in [1.807, 2.05) is 0 Å². The predicted octanol–water partition coefficient (Wildman–Crippen LogP) is -0.338. The Kier molecular flexibility index (Phi) is 2.53. The van der Waals surface area contributed by atoms with Crippen LogP contribution in [0.2, 0.25) is 0 Å². The first kappa shape index (κ1) is 8.98. The Balaban J connectivity index is 3.09. The second kappa shape index (κ2) is 3.10. The molecule has 0 radical (unpaired) electrons. The maximum atomic E-state index is 10.6. The van der Waals surface area contributed by atoms with Crippen molar-refractivity contribution in [2.75, 3.05) is 0 Å². The SMILES string of the molecule is O=P(O)(O)c1cc[c]([Fe])cc1. The van der Waals surface area contributed by atoms with Crippen molar-refractivity contribution in [3.63, 3.8) is 0 Å². The van der Waals surface area contributed by atoms with Crippen molar-refractivity contribution >= 4 is 17.4 Å². The Morgan fingerprint density at radius 1 is 1.18 bits per heavy atom. The molecule has 3 nitrogen and oxygen atoms in total. The van der Waals surface area contributed by atoms with Crippen LogP contribution in [0.5, 0.6) is 0 Å². The van der Waals surface area contributed by atoms with E-state index in [9.17, 15) is 4.57 Å². The molecule has 0 bridgehead atoms. The molecule has 0 unspecified atom stereocenters. The van der Waals surface area contributed by atoms with Gasteiger partial charge in [-0.25, -0.2) is 0 Å². The molecule has 0 heterocycles. The van der Waals surface area contributed by atoms with Gasteiger partial charge in [0, 0.05) is 0 Å². The van der Waals surface area contributed by atoms with Crippen molar-refractivity contribution in [2.45, 2.75) is 0 Å². The summed E-state index contributed by atoms with van der Waals surface area (Å²) >= 11 is 3.59. The van der Waals surface area contributed by atoms with Crippen molar-refractivity contribution in [3.8, 4) is 0 Å². The van der Waals surface area contributed by atoms with Crippen LogP contribution in [0.4, 0.5) is 0 Å². The fraction of sp³-hybridized carbons (Fsp3) is 0. The van der Waals surface area contributed by atoms with Crippen LogP contribution < -0.4 is 9.77 Å². The molecule has 61 valence electrons. The summed E-state index contributed by atoms with van der Waals surface area (Å²) in [5.41, 5.74) is 0. The predicted molar refractivity (Wildman–Crippen MR) is 37.8 cm³/mol. The molecule has 0 amide bonds. The van der Waals surface area contributed by atoms with Gasteiger partial charge in [-0.15, -0.1) is 0 Å². The molecule has 0 atom stereocenters. The second-order valence-electron chi connectivity index (χ2n) is 2.01. The van der Waals surface area contributed by atoms with E-state index >= 15 is 0 Å². The van der Waals surface area contributed by atoms with Crippen molar-refractivity contribution in [3.05, 3.63) is 24.3 Å². The van der Waals surface area contributed by atoms with Gasteiger partial charge in [0.2, 0.25) is 0 Å². The van der Waals surface area contributed by atoms with Gasteiger partial charge < -0.3 is 0 Å². The van der Waals surface area contributed by atoms with Crippen molar-refractivity contribution in [1.82, 2.24) is 0 Å². The van der Waals surface area contributed by atoms with E-state index in [2.05, 4.69) is 16.0 Å². The number of rotatable bonds is 1. The first-order chi connectivity index (χ1) is 5.00. The molecule has 0 aliphatic carbocycles. The van der Waals surface area contributed by atoms with Crippen LogP contribution in [0.1, 0.15) is 0 Å². The zero-order valence-electron chi connectivity index (χ0n) is 5.41. The van der Waals surface area contributed by atoms with Crippen LogP contribution >= 0.6 is 7.60 Å². The third kappa shape index (κ3) is 2.44. The Morgan fingerprint density at radius 2 is 1.64 bits per heavy atom. The molecule has 0 spiro atoms. The molecule has 2 N–H and O–H groups in total. The Labute approximate surface area is 72.4 Å². The van der Waals surface area contributed by atoms with Crippen LogP contribution in [0.25, 0.3) is 0 Å². The molecule has 1 rings (SSSR count). The van der Waals surface area contributed by atoms with Crippen LogP contribution in [0.15, 0.2) is 24.3 Å². The summed E-state index contributed by atoms with van der Waals surface area (Å²) < 4.78 is 11.4. The summed E-state index contributed by atoms with van der Waals surface area (Å²) in [6.07, 6.45) is 0. The van der Waals surface area contributed by atoms with E-state index in [4.69, 9.17) is 9.79 Å². The molecule has 5 heteroatoms. The van der Waals surface area contributed by atoms with Gasteiger partial charge in [0.25, 0.3) is 0 Å². The topological polar surface area (TPSA) is 57.5 Å². The molecule has 0 saturated carbocycles. The van der Waals surface area contributed by atoms with Crippen molar-refractivity contribution < 1.29 is 30.4 Å². The summed E-state index contributed by atoms with van der Waals surface area (Å²) in [7, 11) is -4.07. The zero-order chi connectivity index (χ0) is 8.48. The monoisotopic (exact) mass is 213 g/mol. The van der Waals surface area contributed by atoms with Gasteiger partial charge >= 0.3 is 72.0 Å². The van der Waals surface area contributed by atoms with Crippen molar-refractivity contribution in [1.29, 1.82) is 0 Å². The maximum absolute atomic E-state index is 10.6. The Bertz CT molecular complexity index is 289. The van der Waals surface area contributed by atoms with Gasteiger partial charge in [0.15, 0.2) is 0 Å². The standard InChI is InChI=1S/C6H6O3P.Fe/c7-10(8,9)6-4-2-1-3-5-6;/h2-5H,(H2,7,8,9);. The van der Waals surface area contributed by atoms with E-state index in [1.54, 1.807) is 12.1 Å². The number of hydrogen-bond acceptors (Lipinski definition) is 1. The van der Waals surface area contributed by atoms with E-state index in [0.29, 0.717) is 0 Å². The van der Waals surface area contributed by atoms with Crippen LogP contribution in [-0.2, 0) is 20.6 Å². The number of hydrogen-bond donors (Lipinski definition) is 2. The normalized spacial score (nSPS) is 11.5. The van der Waals surface area contributed by atoms with E-state index in [0.717, 1.165) is 4.46 Å². The van der Waals surface area contributed by atoms with Gasteiger partial charge in [-0.2, -0.15) is 0 Å². The average molecular weight is 213 g/mol. The molecular weight excluding hydrogens is 207 g/mol. The van der Waals surface area contributed by atoms with E-state index < -0.39 is 7.60 Å². The minimum atomic E-state index is -4.07. The van der Waals surface area contributed by atoms with Gasteiger partial charge in [-0.1, -0.05) is 0 Å². The van der Waals surface area contributed by atoms with Gasteiger partial charge in [-0.05, 0) is 0 Å². The quantitative estimate of drug-likeness (QED) is 0.495. The molecule has 1 aromatic carbocycles. The third-order valence-corrected chi connectivity index (χ3v) is 2.49. The molecule has 0 fully saturated rings. The first-order valence-electron chi connectivity index (χ1n) is 2.80. The zero-order valence-corrected chi connectivity index (χ0v) is 7.41. The molecule has 1 aromatic rings. The first-order valence-corrected chi connectivity index (χ1v) is 4.97. The van der Waals surface area contributed by atoms with E-state index in [-0.39, 0.29) is 5.30 Å². The summed E-state index contributed by atoms with van der Waals surface area (Å²) in [6.45, 7) is 0. The van der Waals surface area contributed by atoms with Crippen LogP contribution in [0.3, 0.4) is 0 Å². The molecular formula is C6H6FeO3P. The third-order valence-electron chi connectivity index (χ3n) is 1.15. The van der Waals surface area contributed by atoms with Crippen LogP contribution in [0, 0.1) is 0 Å². The Hall–Kier alpha value is -0.111. The molecule has 11 heavy (non-hydrogen) atoms. The van der Waals surface area contributed by atoms with Gasteiger partial charge in [0.1, 0.15) is 0 Å². The molecule has 0 aliphatic rings. The second-order valence-corrected chi connectivity index (χ2v) is 4.25. The van der Waals surface area contributed by atoms with Crippen molar-refractivity contribution in [2.24, 2.45) is 0 Å². The average Bonchev–Trinajstić information content (AvgIpc) is 1.86. The summed E-state index contributed by atoms with van der Waals surface area (Å²) in [4.78, 5) is 17.3. The summed E-state index contributed by atoms with van der Waals surface area (Å²) in [6, 6.07) is 5.88. The van der Waals surface area contributed by atoms with Crippen LogP contribution in [-0.4, -0.2) is 9.79 Å². The molecule has 0 saturated heterocycles. The summed E-state index contributed by atoms with van der Waals surface area (Å²) in [5.74, 6) is 0. The Morgan fingerprint density at radius 3 is 2.00 bits per heavy atom. The van der Waals surface area contributed by atoms with Gasteiger partial charge in [0.05, 0.1) is 0 Å². The molecule has 0 aliphatic heterocycles. The minimum absolute atomic E-state index is 0.0323.